The van der Waals surface area contributed by atoms with E-state index < -0.39 is 0 Å². The lowest BCUT2D eigenvalue weighted by molar-refractivity contribution is 0.161. The maximum atomic E-state index is 12.4. The van der Waals surface area contributed by atoms with Gasteiger partial charge < -0.3 is 14.6 Å². The highest BCUT2D eigenvalue weighted by molar-refractivity contribution is 5.89. The standard InChI is InChI=1S/C20H19N7O2/c1-12-7-17-22-11-23-27(17)10-15(12)24-20-21-9-16-19(25-20)14(8-18(28)26(16)2)13-3-5-29-6-4-13/h3,7-11H,4-6H2,1-2H3,(H,21,24,25). The van der Waals surface area contributed by atoms with Crippen LogP contribution in [0.5, 0.6) is 0 Å². The lowest BCUT2D eigenvalue weighted by Crippen LogP contribution is -2.19. The van der Waals surface area contributed by atoms with E-state index in [2.05, 4.69) is 20.4 Å². The summed E-state index contributed by atoms with van der Waals surface area (Å²) < 4.78 is 8.67. The van der Waals surface area contributed by atoms with Gasteiger partial charge in [-0.05, 0) is 30.5 Å². The number of rotatable bonds is 3. The average Bonchev–Trinajstić information content (AvgIpc) is 3.18. The summed E-state index contributed by atoms with van der Waals surface area (Å²) in [6, 6.07) is 3.58. The molecule has 1 aliphatic rings. The molecule has 0 aliphatic carbocycles. The maximum Gasteiger partial charge on any atom is 0.251 e. The maximum absolute atomic E-state index is 12.4. The Labute approximate surface area is 165 Å². The number of fused-ring (bicyclic) bond motifs is 2. The Morgan fingerprint density at radius 3 is 2.97 bits per heavy atom. The van der Waals surface area contributed by atoms with Crippen molar-refractivity contribution in [2.75, 3.05) is 18.5 Å². The van der Waals surface area contributed by atoms with Crippen LogP contribution < -0.4 is 10.9 Å². The van der Waals surface area contributed by atoms with Crippen molar-refractivity contribution in [1.29, 1.82) is 0 Å². The van der Waals surface area contributed by atoms with E-state index in [-0.39, 0.29) is 5.56 Å². The molecule has 1 N–H and O–H groups in total. The van der Waals surface area contributed by atoms with Crippen molar-refractivity contribution in [3.63, 3.8) is 0 Å². The summed E-state index contributed by atoms with van der Waals surface area (Å²) in [4.78, 5) is 25.8. The van der Waals surface area contributed by atoms with Gasteiger partial charge >= 0.3 is 0 Å². The molecule has 0 unspecified atom stereocenters. The van der Waals surface area contributed by atoms with Gasteiger partial charge in [0.1, 0.15) is 11.8 Å². The van der Waals surface area contributed by atoms with Gasteiger partial charge in [0, 0.05) is 18.7 Å². The SMILES string of the molecule is Cc1cc2ncnn2cc1Nc1ncc2c(n1)c(C1=CCOCC1)cc(=O)n2C. The van der Waals surface area contributed by atoms with E-state index in [9.17, 15) is 4.79 Å². The fraction of sp³-hybridized carbons (Fsp3) is 0.250. The van der Waals surface area contributed by atoms with Gasteiger partial charge in [-0.3, -0.25) is 4.79 Å². The number of hydrogen-bond acceptors (Lipinski definition) is 7. The van der Waals surface area contributed by atoms with Crippen molar-refractivity contribution in [2.45, 2.75) is 13.3 Å². The molecule has 5 rings (SSSR count). The highest BCUT2D eigenvalue weighted by atomic mass is 16.5. The number of nitrogens with one attached hydrogen (secondary N) is 1. The number of pyridine rings is 2. The second-order valence-electron chi connectivity index (χ2n) is 6.99. The summed E-state index contributed by atoms with van der Waals surface area (Å²) in [7, 11) is 1.73. The predicted molar refractivity (Wildman–Crippen MR) is 109 cm³/mol. The molecule has 0 radical (unpaired) electrons. The van der Waals surface area contributed by atoms with Crippen LogP contribution >= 0.6 is 0 Å². The largest absolute Gasteiger partial charge is 0.377 e. The van der Waals surface area contributed by atoms with Crippen molar-refractivity contribution in [1.82, 2.24) is 29.1 Å². The van der Waals surface area contributed by atoms with Crippen molar-refractivity contribution < 1.29 is 4.74 Å². The van der Waals surface area contributed by atoms with E-state index in [0.29, 0.717) is 24.7 Å². The fourth-order valence-electron chi connectivity index (χ4n) is 3.51. The lowest BCUT2D eigenvalue weighted by atomic mass is 10.0. The number of hydrogen-bond donors (Lipinski definition) is 1. The molecule has 4 aromatic heterocycles. The molecule has 0 amide bonds. The minimum Gasteiger partial charge on any atom is -0.377 e. The zero-order valence-electron chi connectivity index (χ0n) is 16.1. The molecule has 0 atom stereocenters. The minimum atomic E-state index is -0.0864. The molecule has 0 fully saturated rings. The molecule has 0 bridgehead atoms. The summed E-state index contributed by atoms with van der Waals surface area (Å²) in [6.07, 6.45) is 7.80. The van der Waals surface area contributed by atoms with E-state index in [1.165, 1.54) is 6.33 Å². The molecule has 4 aromatic rings. The fourth-order valence-corrected chi connectivity index (χ4v) is 3.51. The van der Waals surface area contributed by atoms with Gasteiger partial charge in [0.15, 0.2) is 5.65 Å². The summed E-state index contributed by atoms with van der Waals surface area (Å²) in [5, 5.41) is 7.44. The Bertz CT molecular complexity index is 1340. The second-order valence-corrected chi connectivity index (χ2v) is 6.99. The average molecular weight is 389 g/mol. The summed E-state index contributed by atoms with van der Waals surface area (Å²) >= 11 is 0. The molecular weight excluding hydrogens is 370 g/mol. The van der Waals surface area contributed by atoms with Crippen LogP contribution in [0.3, 0.4) is 0 Å². The highest BCUT2D eigenvalue weighted by Crippen LogP contribution is 2.27. The number of nitrogens with zero attached hydrogens (tertiary/aromatic N) is 6. The van der Waals surface area contributed by atoms with Crippen LogP contribution in [0.4, 0.5) is 11.6 Å². The molecule has 9 nitrogen and oxygen atoms in total. The number of ether oxygens (including phenoxy) is 1. The normalized spacial score (nSPS) is 14.3. The predicted octanol–water partition coefficient (Wildman–Crippen LogP) is 2.23. The third kappa shape index (κ3) is 3.05. The molecule has 0 saturated heterocycles. The van der Waals surface area contributed by atoms with Gasteiger partial charge in [0.25, 0.3) is 5.56 Å². The molecule has 0 saturated carbocycles. The van der Waals surface area contributed by atoms with Crippen LogP contribution in [0.25, 0.3) is 22.3 Å². The Morgan fingerprint density at radius 2 is 2.14 bits per heavy atom. The first-order valence-corrected chi connectivity index (χ1v) is 9.31. The number of aromatic nitrogens is 6. The topological polar surface area (TPSA) is 99.2 Å². The molecule has 5 heterocycles. The van der Waals surface area contributed by atoms with Gasteiger partial charge in [0.05, 0.1) is 36.8 Å². The third-order valence-electron chi connectivity index (χ3n) is 5.16. The quantitative estimate of drug-likeness (QED) is 0.573. The van der Waals surface area contributed by atoms with Crippen molar-refractivity contribution in [2.24, 2.45) is 7.05 Å². The Hall–Kier alpha value is -3.59. The summed E-state index contributed by atoms with van der Waals surface area (Å²) in [5.41, 5.74) is 5.85. The van der Waals surface area contributed by atoms with Crippen molar-refractivity contribution in [3.8, 4) is 0 Å². The minimum absolute atomic E-state index is 0.0864. The molecule has 146 valence electrons. The molecule has 9 heteroatoms. The first kappa shape index (κ1) is 17.5. The summed E-state index contributed by atoms with van der Waals surface area (Å²) in [5.74, 6) is 0.452. The van der Waals surface area contributed by atoms with E-state index in [1.54, 1.807) is 28.4 Å². The van der Waals surface area contributed by atoms with E-state index >= 15 is 0 Å². The highest BCUT2D eigenvalue weighted by Gasteiger charge is 2.16. The summed E-state index contributed by atoms with van der Waals surface area (Å²) in [6.45, 7) is 3.16. The van der Waals surface area contributed by atoms with Crippen LogP contribution in [-0.2, 0) is 11.8 Å². The Balaban J connectivity index is 1.63. The monoisotopic (exact) mass is 389 g/mol. The van der Waals surface area contributed by atoms with Crippen LogP contribution in [0.15, 0.2) is 41.7 Å². The van der Waals surface area contributed by atoms with Crippen LogP contribution in [0, 0.1) is 6.92 Å². The van der Waals surface area contributed by atoms with E-state index in [4.69, 9.17) is 9.72 Å². The van der Waals surface area contributed by atoms with Gasteiger partial charge in [-0.15, -0.1) is 0 Å². The van der Waals surface area contributed by atoms with E-state index in [0.717, 1.165) is 40.0 Å². The van der Waals surface area contributed by atoms with Gasteiger partial charge in [-0.2, -0.15) is 5.10 Å². The molecule has 29 heavy (non-hydrogen) atoms. The first-order valence-electron chi connectivity index (χ1n) is 9.31. The van der Waals surface area contributed by atoms with E-state index in [1.807, 2.05) is 25.3 Å². The Morgan fingerprint density at radius 1 is 1.24 bits per heavy atom. The molecular formula is C20H19N7O2. The zero-order chi connectivity index (χ0) is 20.0. The van der Waals surface area contributed by atoms with Gasteiger partial charge in [0.2, 0.25) is 5.95 Å². The second kappa shape index (κ2) is 6.78. The first-order chi connectivity index (χ1) is 14.1. The number of anilines is 2. The molecule has 1 aliphatic heterocycles. The van der Waals surface area contributed by atoms with Crippen molar-refractivity contribution >= 4 is 33.9 Å². The third-order valence-corrected chi connectivity index (χ3v) is 5.16. The van der Waals surface area contributed by atoms with Crippen LogP contribution in [0.2, 0.25) is 0 Å². The molecule has 0 spiro atoms. The Kier molecular flexibility index (Phi) is 4.09. The van der Waals surface area contributed by atoms with Crippen molar-refractivity contribution in [3.05, 3.63) is 58.4 Å². The number of aryl methyl sites for hydroxylation is 2. The van der Waals surface area contributed by atoms with Gasteiger partial charge in [-0.1, -0.05) is 6.08 Å². The smallest absolute Gasteiger partial charge is 0.251 e. The van der Waals surface area contributed by atoms with Crippen LogP contribution in [-0.4, -0.2) is 42.3 Å². The molecule has 0 aromatic carbocycles. The van der Waals surface area contributed by atoms with Gasteiger partial charge in [-0.25, -0.2) is 19.5 Å². The van der Waals surface area contributed by atoms with Crippen LogP contribution in [0.1, 0.15) is 17.5 Å². The lowest BCUT2D eigenvalue weighted by Gasteiger charge is -2.17. The zero-order valence-corrected chi connectivity index (χ0v) is 16.1.